The van der Waals surface area contributed by atoms with Crippen LogP contribution >= 0.6 is 0 Å². The van der Waals surface area contributed by atoms with Crippen molar-refractivity contribution in [1.29, 1.82) is 0 Å². The molecule has 0 aliphatic carbocycles. The maximum absolute atomic E-state index is 2.60. The van der Waals surface area contributed by atoms with Gasteiger partial charge in [-0.3, -0.25) is 0 Å². The van der Waals surface area contributed by atoms with Crippen molar-refractivity contribution in [3.8, 4) is 0 Å². The first kappa shape index (κ1) is 19.7. The minimum Gasteiger partial charge on any atom is -0.0882 e. The van der Waals surface area contributed by atoms with E-state index in [9.17, 15) is 0 Å². The third-order valence-corrected chi connectivity index (χ3v) is 7.60. The molecule has 0 heterocycles. The molecule has 20 heavy (non-hydrogen) atoms. The highest BCUT2D eigenvalue weighted by Crippen LogP contribution is 2.25. The average Bonchev–Trinajstić information content (AvgIpc) is 2.39. The first-order valence-electron chi connectivity index (χ1n) is 8.71. The van der Waals surface area contributed by atoms with Crippen LogP contribution in [0.25, 0.3) is 0 Å². The summed E-state index contributed by atoms with van der Waals surface area (Å²) in [5.41, 5.74) is 3.46. The molecule has 0 fully saturated rings. The molecule has 0 aliphatic rings. The van der Waals surface area contributed by atoms with Crippen LogP contribution in [0.15, 0.2) is 23.8 Å². The summed E-state index contributed by atoms with van der Waals surface area (Å²) in [6.45, 7) is 14.2. The van der Waals surface area contributed by atoms with Crippen LogP contribution in [0.2, 0.25) is 17.1 Å². The number of allylic oxidation sites excluding steroid dienone is 4. The van der Waals surface area contributed by atoms with Crippen molar-refractivity contribution in [3.05, 3.63) is 23.8 Å². The number of hydrogen-bond acceptors (Lipinski definition) is 0. The lowest BCUT2D eigenvalue weighted by Crippen LogP contribution is -2.19. The second kappa shape index (κ2) is 12.4. The van der Waals surface area contributed by atoms with E-state index in [2.05, 4.69) is 59.8 Å². The minimum atomic E-state index is -0.233. The van der Waals surface area contributed by atoms with Crippen LogP contribution in [0.1, 0.15) is 80.1 Å². The first-order chi connectivity index (χ1) is 9.52. The summed E-state index contributed by atoms with van der Waals surface area (Å²) in [5, 5.41) is 0. The SMILES string of the molecule is CCC/C=C/C/C(=C/C[Si](C(C)C)C(C)C)CCCC. The fraction of sp³-hybridized carbons (Fsp3) is 0.789. The Labute approximate surface area is 130 Å². The highest BCUT2D eigenvalue weighted by Gasteiger charge is 2.18. The Kier molecular flexibility index (Phi) is 12.2. The van der Waals surface area contributed by atoms with Gasteiger partial charge in [0.1, 0.15) is 0 Å². The van der Waals surface area contributed by atoms with Gasteiger partial charge in [-0.1, -0.05) is 89.3 Å². The monoisotopic (exact) mass is 293 g/mol. The smallest absolute Gasteiger partial charge is 0.0574 e. The van der Waals surface area contributed by atoms with E-state index >= 15 is 0 Å². The van der Waals surface area contributed by atoms with E-state index in [4.69, 9.17) is 0 Å². The molecule has 117 valence electrons. The van der Waals surface area contributed by atoms with Crippen molar-refractivity contribution < 1.29 is 0 Å². The molecule has 0 nitrogen and oxygen atoms in total. The molecule has 0 saturated carbocycles. The first-order valence-corrected chi connectivity index (χ1v) is 10.6. The van der Waals surface area contributed by atoms with Gasteiger partial charge in [-0.05, 0) is 31.7 Å². The Morgan fingerprint density at radius 3 is 2.10 bits per heavy atom. The molecule has 0 amide bonds. The predicted molar refractivity (Wildman–Crippen MR) is 97.0 cm³/mol. The lowest BCUT2D eigenvalue weighted by atomic mass is 10.1. The lowest BCUT2D eigenvalue weighted by Gasteiger charge is -2.21. The molecule has 0 N–H and O–H groups in total. The van der Waals surface area contributed by atoms with E-state index in [1.807, 2.05) is 0 Å². The summed E-state index contributed by atoms with van der Waals surface area (Å²) in [6, 6.07) is 1.36. The second-order valence-corrected chi connectivity index (χ2v) is 10.4. The van der Waals surface area contributed by atoms with Gasteiger partial charge in [-0.2, -0.15) is 0 Å². The molecule has 0 aromatic rings. The molecule has 0 bridgehead atoms. The summed E-state index contributed by atoms with van der Waals surface area (Å²) in [5.74, 6) is 0. The van der Waals surface area contributed by atoms with Crippen LogP contribution in [0.5, 0.6) is 0 Å². The molecule has 0 aliphatic heterocycles. The standard InChI is InChI=1S/C19H37Si/c1-7-9-11-12-14-19(13-10-8-2)15-16-20(17(3)4)18(5)6/h11-12,15,17-18H,7-10,13-14,16H2,1-6H3/b12-11+,19-15+. The van der Waals surface area contributed by atoms with Gasteiger partial charge in [0.05, 0.1) is 8.80 Å². The van der Waals surface area contributed by atoms with Crippen LogP contribution in [0.4, 0.5) is 0 Å². The van der Waals surface area contributed by atoms with Crippen LogP contribution in [0, 0.1) is 0 Å². The van der Waals surface area contributed by atoms with Gasteiger partial charge in [-0.15, -0.1) is 0 Å². The van der Waals surface area contributed by atoms with Crippen LogP contribution in [-0.2, 0) is 0 Å². The third-order valence-electron chi connectivity index (χ3n) is 3.96. The molecule has 1 heteroatoms. The molecular weight excluding hydrogens is 256 g/mol. The van der Waals surface area contributed by atoms with Gasteiger partial charge in [0.15, 0.2) is 0 Å². The molecule has 0 unspecified atom stereocenters. The summed E-state index contributed by atoms with van der Waals surface area (Å²) >= 11 is 0. The largest absolute Gasteiger partial charge is 0.0882 e. The van der Waals surface area contributed by atoms with E-state index in [1.54, 1.807) is 5.57 Å². The molecule has 1 radical (unpaired) electrons. The van der Waals surface area contributed by atoms with Gasteiger partial charge in [0.25, 0.3) is 0 Å². The fourth-order valence-corrected chi connectivity index (χ4v) is 5.41. The minimum absolute atomic E-state index is 0.233. The fourth-order valence-electron chi connectivity index (χ4n) is 2.61. The summed E-state index contributed by atoms with van der Waals surface area (Å²) in [7, 11) is -0.233. The van der Waals surface area contributed by atoms with Gasteiger partial charge in [0, 0.05) is 0 Å². The predicted octanol–water partition coefficient (Wildman–Crippen LogP) is 7.16. The zero-order valence-electron chi connectivity index (χ0n) is 14.8. The second-order valence-electron chi connectivity index (χ2n) is 6.52. The maximum Gasteiger partial charge on any atom is 0.0574 e. The van der Waals surface area contributed by atoms with Crippen LogP contribution in [-0.4, -0.2) is 8.80 Å². The molecule has 0 saturated heterocycles. The third kappa shape index (κ3) is 9.58. The summed E-state index contributed by atoms with van der Waals surface area (Å²) < 4.78 is 0. The molecular formula is C19H37Si. The number of rotatable bonds is 11. The summed E-state index contributed by atoms with van der Waals surface area (Å²) in [6.07, 6.45) is 15.0. The summed E-state index contributed by atoms with van der Waals surface area (Å²) in [4.78, 5) is 0. The van der Waals surface area contributed by atoms with Gasteiger partial charge < -0.3 is 0 Å². The van der Waals surface area contributed by atoms with Gasteiger partial charge in [-0.25, -0.2) is 0 Å². The number of hydrogen-bond donors (Lipinski definition) is 0. The molecule has 0 rings (SSSR count). The Morgan fingerprint density at radius 2 is 1.60 bits per heavy atom. The molecule has 0 spiro atoms. The van der Waals surface area contributed by atoms with Crippen molar-refractivity contribution in [2.24, 2.45) is 0 Å². The van der Waals surface area contributed by atoms with Crippen molar-refractivity contribution in [2.75, 3.05) is 0 Å². The van der Waals surface area contributed by atoms with Crippen LogP contribution in [0.3, 0.4) is 0 Å². The topological polar surface area (TPSA) is 0 Å². The zero-order valence-corrected chi connectivity index (χ0v) is 15.8. The lowest BCUT2D eigenvalue weighted by molar-refractivity contribution is 0.773. The van der Waals surface area contributed by atoms with Gasteiger partial charge in [0.2, 0.25) is 0 Å². The van der Waals surface area contributed by atoms with E-state index < -0.39 is 0 Å². The number of unbranched alkanes of at least 4 members (excludes halogenated alkanes) is 2. The average molecular weight is 294 g/mol. The van der Waals surface area contributed by atoms with E-state index in [0.717, 1.165) is 11.1 Å². The van der Waals surface area contributed by atoms with Crippen molar-refractivity contribution >= 4 is 8.80 Å². The highest BCUT2D eigenvalue weighted by atomic mass is 28.3. The Bertz CT molecular complexity index is 265. The molecule has 0 aromatic heterocycles. The quantitative estimate of drug-likeness (QED) is 0.280. The van der Waals surface area contributed by atoms with Crippen LogP contribution < -0.4 is 0 Å². The zero-order chi connectivity index (χ0) is 15.4. The van der Waals surface area contributed by atoms with Crippen molar-refractivity contribution in [1.82, 2.24) is 0 Å². The van der Waals surface area contributed by atoms with Gasteiger partial charge >= 0.3 is 0 Å². The van der Waals surface area contributed by atoms with Crippen molar-refractivity contribution in [3.63, 3.8) is 0 Å². The Hall–Kier alpha value is -0.303. The molecule has 0 atom stereocenters. The van der Waals surface area contributed by atoms with E-state index in [1.165, 1.54) is 44.6 Å². The van der Waals surface area contributed by atoms with E-state index in [0.29, 0.717) is 0 Å². The Balaban J connectivity index is 4.53. The normalized spacial score (nSPS) is 13.3. The Morgan fingerprint density at radius 1 is 0.950 bits per heavy atom. The van der Waals surface area contributed by atoms with Crippen molar-refractivity contribution in [2.45, 2.75) is 97.2 Å². The highest BCUT2D eigenvalue weighted by molar-refractivity contribution is 6.62. The van der Waals surface area contributed by atoms with E-state index in [-0.39, 0.29) is 8.80 Å². The molecule has 0 aromatic carbocycles. The maximum atomic E-state index is 2.60.